The van der Waals surface area contributed by atoms with E-state index in [9.17, 15) is 18.0 Å². The van der Waals surface area contributed by atoms with Gasteiger partial charge in [0.05, 0.1) is 6.42 Å². The number of aromatic nitrogens is 1. The Labute approximate surface area is 110 Å². The summed E-state index contributed by atoms with van der Waals surface area (Å²) in [7, 11) is 0. The first-order valence-corrected chi connectivity index (χ1v) is 6.05. The number of alkyl halides is 3. The van der Waals surface area contributed by atoms with Gasteiger partial charge in [-0.3, -0.25) is 9.78 Å². The fraction of sp³-hybridized carbons (Fsp3) is 0.538. The van der Waals surface area contributed by atoms with Crippen molar-refractivity contribution in [3.8, 4) is 0 Å². The normalized spacial score (nSPS) is 13.1. The molecule has 1 heterocycles. The molecule has 1 rings (SSSR count). The largest absolute Gasteiger partial charge is 0.389 e. The Kier molecular flexibility index (Phi) is 5.32. The van der Waals surface area contributed by atoms with Crippen LogP contribution in [0.3, 0.4) is 0 Å². The van der Waals surface area contributed by atoms with Gasteiger partial charge in [0.15, 0.2) is 0 Å². The standard InChI is InChI=1S/C13H17F3N2O/c1-9-4-3-5-11(17-9)8-10(2)18-12(19)6-7-13(14,15)16/h3-5,10H,6-8H2,1-2H3,(H,18,19)/t10-/m0/s1. The van der Waals surface area contributed by atoms with E-state index in [1.165, 1.54) is 0 Å². The lowest BCUT2D eigenvalue weighted by atomic mass is 10.1. The van der Waals surface area contributed by atoms with Gasteiger partial charge in [0, 0.05) is 30.3 Å². The molecule has 1 atom stereocenters. The molecular weight excluding hydrogens is 257 g/mol. The van der Waals surface area contributed by atoms with Crippen LogP contribution < -0.4 is 5.32 Å². The lowest BCUT2D eigenvalue weighted by Crippen LogP contribution is -2.34. The molecular formula is C13H17F3N2O. The maximum atomic E-state index is 12.0. The van der Waals surface area contributed by atoms with Gasteiger partial charge in [0.2, 0.25) is 5.91 Å². The summed E-state index contributed by atoms with van der Waals surface area (Å²) in [6, 6.07) is 5.30. The van der Waals surface area contributed by atoms with Crippen LogP contribution in [0.5, 0.6) is 0 Å². The highest BCUT2D eigenvalue weighted by Crippen LogP contribution is 2.21. The molecule has 1 N–H and O–H groups in total. The Morgan fingerprint density at radius 3 is 2.68 bits per heavy atom. The van der Waals surface area contributed by atoms with Crippen LogP contribution >= 0.6 is 0 Å². The van der Waals surface area contributed by atoms with Crippen molar-refractivity contribution >= 4 is 5.91 Å². The number of carbonyl (C=O) groups is 1. The predicted octanol–water partition coefficient (Wildman–Crippen LogP) is 2.78. The average molecular weight is 274 g/mol. The second kappa shape index (κ2) is 6.54. The second-order valence-electron chi connectivity index (χ2n) is 4.56. The van der Waals surface area contributed by atoms with E-state index < -0.39 is 24.9 Å². The molecule has 3 nitrogen and oxygen atoms in total. The third-order valence-corrected chi connectivity index (χ3v) is 2.50. The molecule has 0 aliphatic heterocycles. The Morgan fingerprint density at radius 2 is 2.11 bits per heavy atom. The molecule has 0 spiro atoms. The number of pyridine rings is 1. The maximum Gasteiger partial charge on any atom is 0.389 e. The molecule has 0 aliphatic rings. The first kappa shape index (κ1) is 15.5. The highest BCUT2D eigenvalue weighted by molar-refractivity contribution is 5.76. The number of nitrogens with one attached hydrogen (secondary N) is 1. The maximum absolute atomic E-state index is 12.0. The molecule has 106 valence electrons. The van der Waals surface area contributed by atoms with E-state index in [0.29, 0.717) is 6.42 Å². The smallest absolute Gasteiger partial charge is 0.353 e. The summed E-state index contributed by atoms with van der Waals surface area (Å²) >= 11 is 0. The molecule has 0 saturated heterocycles. The second-order valence-corrected chi connectivity index (χ2v) is 4.56. The number of aryl methyl sites for hydroxylation is 1. The monoisotopic (exact) mass is 274 g/mol. The van der Waals surface area contributed by atoms with Gasteiger partial charge in [0.1, 0.15) is 0 Å². The van der Waals surface area contributed by atoms with Gasteiger partial charge < -0.3 is 5.32 Å². The van der Waals surface area contributed by atoms with Crippen molar-refractivity contribution in [2.75, 3.05) is 0 Å². The summed E-state index contributed by atoms with van der Waals surface area (Å²) in [4.78, 5) is 15.6. The molecule has 1 aromatic heterocycles. The zero-order valence-electron chi connectivity index (χ0n) is 10.9. The zero-order valence-corrected chi connectivity index (χ0v) is 10.9. The molecule has 19 heavy (non-hydrogen) atoms. The molecule has 0 saturated carbocycles. The van der Waals surface area contributed by atoms with Gasteiger partial charge >= 0.3 is 6.18 Å². The van der Waals surface area contributed by atoms with Crippen molar-refractivity contribution in [3.05, 3.63) is 29.6 Å². The average Bonchev–Trinajstić information content (AvgIpc) is 2.25. The van der Waals surface area contributed by atoms with E-state index >= 15 is 0 Å². The summed E-state index contributed by atoms with van der Waals surface area (Å²) in [5.41, 5.74) is 1.68. The molecule has 0 aliphatic carbocycles. The summed E-state index contributed by atoms with van der Waals surface area (Å²) < 4.78 is 35.9. The third kappa shape index (κ3) is 6.79. The van der Waals surface area contributed by atoms with Gasteiger partial charge in [-0.15, -0.1) is 0 Å². The molecule has 0 bridgehead atoms. The van der Waals surface area contributed by atoms with Crippen LogP contribution in [0.25, 0.3) is 0 Å². The van der Waals surface area contributed by atoms with Gasteiger partial charge in [-0.25, -0.2) is 0 Å². The topological polar surface area (TPSA) is 42.0 Å². The number of nitrogens with zero attached hydrogens (tertiary/aromatic N) is 1. The van der Waals surface area contributed by atoms with Crippen LogP contribution in [0.15, 0.2) is 18.2 Å². The van der Waals surface area contributed by atoms with Gasteiger partial charge in [-0.1, -0.05) is 6.07 Å². The molecule has 6 heteroatoms. The van der Waals surface area contributed by atoms with Crippen molar-refractivity contribution in [2.24, 2.45) is 0 Å². The van der Waals surface area contributed by atoms with Gasteiger partial charge in [0.25, 0.3) is 0 Å². The van der Waals surface area contributed by atoms with E-state index in [-0.39, 0.29) is 6.04 Å². The van der Waals surface area contributed by atoms with Crippen LogP contribution in [-0.2, 0) is 11.2 Å². The van der Waals surface area contributed by atoms with Crippen LogP contribution in [0, 0.1) is 6.92 Å². The Balaban J connectivity index is 2.38. The summed E-state index contributed by atoms with van der Waals surface area (Å²) in [6.45, 7) is 3.60. The Bertz CT molecular complexity index is 432. The number of amides is 1. The van der Waals surface area contributed by atoms with Crippen molar-refractivity contribution in [1.82, 2.24) is 10.3 Å². The highest BCUT2D eigenvalue weighted by atomic mass is 19.4. The quantitative estimate of drug-likeness (QED) is 0.897. The van der Waals surface area contributed by atoms with E-state index in [4.69, 9.17) is 0 Å². The first-order chi connectivity index (χ1) is 8.76. The fourth-order valence-corrected chi connectivity index (χ4v) is 1.68. The van der Waals surface area contributed by atoms with Crippen LogP contribution in [0.4, 0.5) is 13.2 Å². The zero-order chi connectivity index (χ0) is 14.5. The first-order valence-electron chi connectivity index (χ1n) is 6.05. The number of hydrogen-bond acceptors (Lipinski definition) is 2. The van der Waals surface area contributed by atoms with Crippen LogP contribution in [-0.4, -0.2) is 23.1 Å². The molecule has 0 unspecified atom stereocenters. The van der Waals surface area contributed by atoms with Crippen LogP contribution in [0.2, 0.25) is 0 Å². The summed E-state index contributed by atoms with van der Waals surface area (Å²) in [6.07, 6.45) is -5.42. The number of carbonyl (C=O) groups excluding carboxylic acids is 1. The minimum absolute atomic E-state index is 0.241. The summed E-state index contributed by atoms with van der Waals surface area (Å²) in [5, 5.41) is 2.54. The summed E-state index contributed by atoms with van der Waals surface area (Å²) in [5.74, 6) is -0.586. The van der Waals surface area contributed by atoms with E-state index in [1.54, 1.807) is 6.92 Å². The molecule has 0 fully saturated rings. The number of hydrogen-bond donors (Lipinski definition) is 1. The highest BCUT2D eigenvalue weighted by Gasteiger charge is 2.28. The number of halogens is 3. The minimum Gasteiger partial charge on any atom is -0.353 e. The van der Waals surface area contributed by atoms with Gasteiger partial charge in [-0.2, -0.15) is 13.2 Å². The van der Waals surface area contributed by atoms with E-state index in [2.05, 4.69) is 10.3 Å². The molecule has 1 aromatic rings. The van der Waals surface area contributed by atoms with E-state index in [1.807, 2.05) is 25.1 Å². The Hall–Kier alpha value is -1.59. The predicted molar refractivity (Wildman–Crippen MR) is 65.6 cm³/mol. The van der Waals surface area contributed by atoms with Crippen molar-refractivity contribution in [2.45, 2.75) is 45.3 Å². The lowest BCUT2D eigenvalue weighted by molar-refractivity contribution is -0.144. The lowest BCUT2D eigenvalue weighted by Gasteiger charge is -2.14. The molecule has 0 radical (unpaired) electrons. The van der Waals surface area contributed by atoms with Crippen molar-refractivity contribution in [3.63, 3.8) is 0 Å². The fourth-order valence-electron chi connectivity index (χ4n) is 1.68. The third-order valence-electron chi connectivity index (χ3n) is 2.50. The van der Waals surface area contributed by atoms with E-state index in [0.717, 1.165) is 11.4 Å². The van der Waals surface area contributed by atoms with Crippen LogP contribution in [0.1, 0.15) is 31.2 Å². The number of rotatable bonds is 5. The minimum atomic E-state index is -4.29. The van der Waals surface area contributed by atoms with Crippen molar-refractivity contribution < 1.29 is 18.0 Å². The SMILES string of the molecule is Cc1cccc(C[C@H](C)NC(=O)CCC(F)(F)F)n1. The molecule has 0 aromatic carbocycles. The molecule has 1 amide bonds. The Morgan fingerprint density at radius 1 is 1.42 bits per heavy atom. The van der Waals surface area contributed by atoms with Gasteiger partial charge in [-0.05, 0) is 26.0 Å². The van der Waals surface area contributed by atoms with Crippen molar-refractivity contribution in [1.29, 1.82) is 0 Å².